The van der Waals surface area contributed by atoms with Gasteiger partial charge in [-0.3, -0.25) is 9.59 Å². The van der Waals surface area contributed by atoms with Gasteiger partial charge in [0, 0.05) is 25.1 Å². The number of amides is 2. The smallest absolute Gasteiger partial charge is 0.229 e. The van der Waals surface area contributed by atoms with Crippen LogP contribution in [0.5, 0.6) is 17.4 Å². The molecule has 1 aromatic heterocycles. The van der Waals surface area contributed by atoms with Crippen LogP contribution in [0.3, 0.4) is 0 Å². The minimum Gasteiger partial charge on any atom is -0.493 e. The lowest BCUT2D eigenvalue weighted by atomic mass is 10.1. The normalized spacial score (nSPS) is 15.5. The molecule has 1 N–H and O–H groups in total. The number of methoxy groups -OCH3 is 1. The maximum atomic E-state index is 14.0. The number of hydrogen-bond donors (Lipinski definition) is 1. The minimum absolute atomic E-state index is 0.00490. The molecule has 2 aromatic carbocycles. The first kappa shape index (κ1) is 22.2. The van der Waals surface area contributed by atoms with Crippen LogP contribution in [0.25, 0.3) is 0 Å². The quantitative estimate of drug-likeness (QED) is 0.596. The number of anilines is 2. The highest BCUT2D eigenvalue weighted by Crippen LogP contribution is 2.32. The van der Waals surface area contributed by atoms with Crippen LogP contribution < -0.4 is 19.7 Å². The number of halogens is 2. The summed E-state index contributed by atoms with van der Waals surface area (Å²) >= 11 is 0. The van der Waals surface area contributed by atoms with E-state index in [1.165, 1.54) is 12.3 Å². The van der Waals surface area contributed by atoms with Gasteiger partial charge in [0.15, 0.2) is 11.5 Å². The Bertz CT molecular complexity index is 1200. The number of rotatable bonds is 6. The molecular weight excluding hydrogens is 432 g/mol. The first-order chi connectivity index (χ1) is 15.8. The molecule has 7 nitrogen and oxygen atoms in total. The second-order valence-corrected chi connectivity index (χ2v) is 7.63. The number of ether oxygens (including phenoxy) is 2. The molecule has 0 bridgehead atoms. The van der Waals surface area contributed by atoms with Gasteiger partial charge in [-0.1, -0.05) is 6.07 Å². The van der Waals surface area contributed by atoms with E-state index >= 15 is 0 Å². The van der Waals surface area contributed by atoms with Crippen LogP contribution >= 0.6 is 0 Å². The largest absolute Gasteiger partial charge is 0.493 e. The molecule has 9 heteroatoms. The van der Waals surface area contributed by atoms with Gasteiger partial charge in [0.2, 0.25) is 17.7 Å². The van der Waals surface area contributed by atoms with Crippen LogP contribution in [-0.4, -0.2) is 30.5 Å². The van der Waals surface area contributed by atoms with Crippen molar-refractivity contribution in [2.45, 2.75) is 13.3 Å². The van der Waals surface area contributed by atoms with Crippen molar-refractivity contribution in [2.24, 2.45) is 5.92 Å². The third-order valence-corrected chi connectivity index (χ3v) is 5.23. The second-order valence-electron chi connectivity index (χ2n) is 7.63. The average Bonchev–Trinajstić information content (AvgIpc) is 3.17. The van der Waals surface area contributed by atoms with Crippen molar-refractivity contribution < 1.29 is 27.8 Å². The number of carbonyl (C=O) groups excluding carboxylic acids is 2. The summed E-state index contributed by atoms with van der Waals surface area (Å²) in [6.07, 6.45) is 1.35. The van der Waals surface area contributed by atoms with E-state index in [-0.39, 0.29) is 18.7 Å². The highest BCUT2D eigenvalue weighted by Gasteiger charge is 2.36. The third-order valence-electron chi connectivity index (χ3n) is 5.23. The van der Waals surface area contributed by atoms with Gasteiger partial charge in [0.25, 0.3) is 0 Å². The highest BCUT2D eigenvalue weighted by atomic mass is 19.1. The Morgan fingerprint density at radius 1 is 1.12 bits per heavy atom. The zero-order valence-corrected chi connectivity index (χ0v) is 18.0. The van der Waals surface area contributed by atoms with Crippen molar-refractivity contribution in [3.63, 3.8) is 0 Å². The Balaban J connectivity index is 1.39. The van der Waals surface area contributed by atoms with E-state index in [4.69, 9.17) is 9.47 Å². The van der Waals surface area contributed by atoms with E-state index in [1.54, 1.807) is 25.3 Å². The van der Waals surface area contributed by atoms with Gasteiger partial charge in [0.05, 0.1) is 30.6 Å². The SMILES string of the molecule is COc1cc(C)ccc1Oc1ccc(NC(=O)C2CC(=O)N(c3ccc(F)cc3F)C2)cn1. The standard InChI is InChI=1S/C24H21F2N3O4/c1-14-3-7-20(21(9-14)32-2)33-22-8-5-17(12-27-22)28-24(31)15-10-23(30)29(13-15)19-6-4-16(25)11-18(19)26/h3-9,11-12,15H,10,13H2,1-2H3,(H,28,31). The summed E-state index contributed by atoms with van der Waals surface area (Å²) < 4.78 is 38.3. The Hall–Kier alpha value is -4.01. The van der Waals surface area contributed by atoms with Gasteiger partial charge in [-0.15, -0.1) is 0 Å². The van der Waals surface area contributed by atoms with Crippen LogP contribution in [0.2, 0.25) is 0 Å². The second kappa shape index (κ2) is 9.23. The Morgan fingerprint density at radius 2 is 1.94 bits per heavy atom. The van der Waals surface area contributed by atoms with Crippen molar-refractivity contribution in [1.29, 1.82) is 0 Å². The lowest BCUT2D eigenvalue weighted by Crippen LogP contribution is -2.28. The monoisotopic (exact) mass is 453 g/mol. The summed E-state index contributed by atoms with van der Waals surface area (Å²) in [4.78, 5) is 30.3. The summed E-state index contributed by atoms with van der Waals surface area (Å²) in [5.41, 5.74) is 1.39. The molecule has 1 atom stereocenters. The predicted octanol–water partition coefficient (Wildman–Crippen LogP) is 4.46. The number of aryl methyl sites for hydroxylation is 1. The van der Waals surface area contributed by atoms with Crippen molar-refractivity contribution in [1.82, 2.24) is 4.98 Å². The molecule has 33 heavy (non-hydrogen) atoms. The number of nitrogens with zero attached hydrogens (tertiary/aromatic N) is 2. The summed E-state index contributed by atoms with van der Waals surface area (Å²) in [6, 6.07) is 11.7. The van der Waals surface area contributed by atoms with Crippen molar-refractivity contribution in [2.75, 3.05) is 23.9 Å². The first-order valence-corrected chi connectivity index (χ1v) is 10.2. The third kappa shape index (κ3) is 4.92. The maximum absolute atomic E-state index is 14.0. The van der Waals surface area contributed by atoms with E-state index < -0.39 is 29.4 Å². The van der Waals surface area contributed by atoms with Crippen LogP contribution in [0, 0.1) is 24.5 Å². The summed E-state index contributed by atoms with van der Waals surface area (Å²) in [6.45, 7) is 1.93. The van der Waals surface area contributed by atoms with Crippen LogP contribution in [0.1, 0.15) is 12.0 Å². The number of aromatic nitrogens is 1. The van der Waals surface area contributed by atoms with Crippen LogP contribution in [0.15, 0.2) is 54.7 Å². The fraction of sp³-hybridized carbons (Fsp3) is 0.208. The van der Waals surface area contributed by atoms with Crippen molar-refractivity contribution in [3.8, 4) is 17.4 Å². The van der Waals surface area contributed by atoms with Crippen molar-refractivity contribution >= 4 is 23.2 Å². The first-order valence-electron chi connectivity index (χ1n) is 10.2. The molecule has 3 aromatic rings. The Kier molecular flexibility index (Phi) is 6.21. The number of nitrogens with one attached hydrogen (secondary N) is 1. The minimum atomic E-state index is -0.852. The molecule has 170 valence electrons. The number of hydrogen-bond acceptors (Lipinski definition) is 5. The average molecular weight is 453 g/mol. The predicted molar refractivity (Wildman–Crippen MR) is 117 cm³/mol. The van der Waals surface area contributed by atoms with Crippen LogP contribution in [-0.2, 0) is 9.59 Å². The Morgan fingerprint density at radius 3 is 2.64 bits per heavy atom. The molecule has 2 amide bonds. The van der Waals surface area contributed by atoms with Gasteiger partial charge >= 0.3 is 0 Å². The lowest BCUT2D eigenvalue weighted by Gasteiger charge is -2.17. The van der Waals surface area contributed by atoms with Gasteiger partial charge < -0.3 is 19.7 Å². The molecular formula is C24H21F2N3O4. The molecule has 1 fully saturated rings. The number of carbonyl (C=O) groups is 2. The molecule has 1 unspecified atom stereocenters. The van der Waals surface area contributed by atoms with E-state index in [0.29, 0.717) is 29.1 Å². The molecule has 0 saturated carbocycles. The molecule has 1 saturated heterocycles. The molecule has 0 spiro atoms. The molecule has 2 heterocycles. The summed E-state index contributed by atoms with van der Waals surface area (Å²) in [7, 11) is 1.55. The van der Waals surface area contributed by atoms with Gasteiger partial charge in [-0.2, -0.15) is 0 Å². The molecule has 1 aliphatic heterocycles. The van der Waals surface area contributed by atoms with E-state index in [1.807, 2.05) is 19.1 Å². The zero-order valence-electron chi connectivity index (χ0n) is 18.0. The van der Waals surface area contributed by atoms with E-state index in [9.17, 15) is 18.4 Å². The molecule has 0 radical (unpaired) electrons. The van der Waals surface area contributed by atoms with Gasteiger partial charge in [0.1, 0.15) is 11.6 Å². The molecule has 1 aliphatic rings. The fourth-order valence-corrected chi connectivity index (χ4v) is 3.55. The maximum Gasteiger partial charge on any atom is 0.229 e. The molecule has 0 aliphatic carbocycles. The fourth-order valence-electron chi connectivity index (χ4n) is 3.55. The van der Waals surface area contributed by atoms with Crippen molar-refractivity contribution in [3.05, 3.63) is 71.9 Å². The van der Waals surface area contributed by atoms with Gasteiger partial charge in [-0.25, -0.2) is 13.8 Å². The number of benzene rings is 2. The summed E-state index contributed by atoms with van der Waals surface area (Å²) in [5.74, 6) is -1.70. The number of pyridine rings is 1. The van der Waals surface area contributed by atoms with Crippen LogP contribution in [0.4, 0.5) is 20.2 Å². The highest BCUT2D eigenvalue weighted by molar-refractivity contribution is 6.03. The molecule has 4 rings (SSSR count). The zero-order chi connectivity index (χ0) is 23.5. The van der Waals surface area contributed by atoms with E-state index in [2.05, 4.69) is 10.3 Å². The topological polar surface area (TPSA) is 80.8 Å². The lowest BCUT2D eigenvalue weighted by molar-refractivity contribution is -0.122. The summed E-state index contributed by atoms with van der Waals surface area (Å²) in [5, 5.41) is 2.71. The Labute approximate surface area is 189 Å². The van der Waals surface area contributed by atoms with Gasteiger partial charge in [-0.05, 0) is 42.8 Å². The van der Waals surface area contributed by atoms with E-state index in [0.717, 1.165) is 16.5 Å².